The third-order valence-electron chi connectivity index (χ3n) is 5.57. The van der Waals surface area contributed by atoms with E-state index in [2.05, 4.69) is 29.2 Å². The van der Waals surface area contributed by atoms with Gasteiger partial charge >= 0.3 is 0 Å². The van der Waals surface area contributed by atoms with E-state index in [0.717, 1.165) is 43.4 Å². The van der Waals surface area contributed by atoms with Crippen LogP contribution in [0.2, 0.25) is 0 Å². The average Bonchev–Trinajstić information content (AvgIpc) is 3.11. The summed E-state index contributed by atoms with van der Waals surface area (Å²) in [5.41, 5.74) is 9.20. The van der Waals surface area contributed by atoms with Crippen molar-refractivity contribution in [3.05, 3.63) is 66.0 Å². The number of fused-ring (bicyclic) bond motifs is 1. The summed E-state index contributed by atoms with van der Waals surface area (Å²) in [6.07, 6.45) is 4.88. The molecule has 3 aromatic rings. The number of aromatic nitrogens is 2. The first kappa shape index (κ1) is 18.2. The molecule has 0 bridgehead atoms. The SMILES string of the molecule is N=C(N)c1ccc2c(c1)ncn2CC(=O)N1CCC(Cc2ccccc2)CC1. The van der Waals surface area contributed by atoms with Crippen LogP contribution < -0.4 is 5.73 Å². The second-order valence-corrected chi connectivity index (χ2v) is 7.50. The third kappa shape index (κ3) is 3.91. The number of nitrogen functional groups attached to an aromatic ring is 1. The summed E-state index contributed by atoms with van der Waals surface area (Å²) in [6, 6.07) is 16.0. The average molecular weight is 375 g/mol. The highest BCUT2D eigenvalue weighted by molar-refractivity contribution is 5.98. The Morgan fingerprint density at radius 3 is 2.61 bits per heavy atom. The Kier molecular flexibility index (Phi) is 5.10. The van der Waals surface area contributed by atoms with Gasteiger partial charge in [-0.1, -0.05) is 30.3 Å². The molecule has 0 spiro atoms. The van der Waals surface area contributed by atoms with Crippen molar-refractivity contribution in [3.63, 3.8) is 0 Å². The summed E-state index contributed by atoms with van der Waals surface area (Å²) in [6.45, 7) is 1.92. The van der Waals surface area contributed by atoms with E-state index in [4.69, 9.17) is 11.1 Å². The number of nitrogens with zero attached hydrogens (tertiary/aromatic N) is 3. The molecule has 1 saturated heterocycles. The molecule has 6 nitrogen and oxygen atoms in total. The third-order valence-corrected chi connectivity index (χ3v) is 5.57. The lowest BCUT2D eigenvalue weighted by Gasteiger charge is -2.32. The van der Waals surface area contributed by atoms with E-state index in [1.54, 1.807) is 18.5 Å². The predicted octanol–water partition coefficient (Wildman–Crippen LogP) is 2.80. The highest BCUT2D eigenvalue weighted by Crippen LogP contribution is 2.22. The van der Waals surface area contributed by atoms with Crippen LogP contribution in [-0.2, 0) is 17.8 Å². The minimum atomic E-state index is 0.0194. The van der Waals surface area contributed by atoms with Gasteiger partial charge < -0.3 is 15.2 Å². The maximum atomic E-state index is 12.8. The number of piperidine rings is 1. The number of hydrogen-bond acceptors (Lipinski definition) is 3. The molecule has 0 radical (unpaired) electrons. The minimum Gasteiger partial charge on any atom is -0.384 e. The zero-order chi connectivity index (χ0) is 19.5. The Morgan fingerprint density at radius 1 is 1.14 bits per heavy atom. The molecule has 6 heteroatoms. The minimum absolute atomic E-state index is 0.0194. The molecule has 2 aromatic carbocycles. The number of likely N-dealkylation sites (tertiary alicyclic amines) is 1. The molecular weight excluding hydrogens is 350 g/mol. The lowest BCUT2D eigenvalue weighted by Crippen LogP contribution is -2.40. The van der Waals surface area contributed by atoms with Crippen molar-refractivity contribution in [2.45, 2.75) is 25.8 Å². The van der Waals surface area contributed by atoms with Crippen LogP contribution in [0.1, 0.15) is 24.0 Å². The first-order chi connectivity index (χ1) is 13.6. The lowest BCUT2D eigenvalue weighted by atomic mass is 9.90. The Bertz CT molecular complexity index is 987. The molecule has 28 heavy (non-hydrogen) atoms. The van der Waals surface area contributed by atoms with E-state index in [1.807, 2.05) is 21.6 Å². The van der Waals surface area contributed by atoms with Crippen molar-refractivity contribution < 1.29 is 4.79 Å². The number of amidine groups is 1. The Morgan fingerprint density at radius 2 is 1.89 bits per heavy atom. The first-order valence-corrected chi connectivity index (χ1v) is 9.71. The predicted molar refractivity (Wildman–Crippen MR) is 110 cm³/mol. The Balaban J connectivity index is 1.36. The van der Waals surface area contributed by atoms with Gasteiger partial charge in [-0.25, -0.2) is 4.98 Å². The number of benzene rings is 2. The maximum absolute atomic E-state index is 12.8. The monoisotopic (exact) mass is 375 g/mol. The second kappa shape index (κ2) is 7.84. The number of amides is 1. The van der Waals surface area contributed by atoms with Crippen molar-refractivity contribution >= 4 is 22.8 Å². The van der Waals surface area contributed by atoms with Gasteiger partial charge in [-0.2, -0.15) is 0 Å². The van der Waals surface area contributed by atoms with Gasteiger partial charge in [0.25, 0.3) is 0 Å². The van der Waals surface area contributed by atoms with E-state index in [1.165, 1.54) is 5.56 Å². The van der Waals surface area contributed by atoms with Crippen molar-refractivity contribution in [1.82, 2.24) is 14.5 Å². The smallest absolute Gasteiger partial charge is 0.242 e. The molecule has 0 atom stereocenters. The molecule has 3 N–H and O–H groups in total. The highest BCUT2D eigenvalue weighted by Gasteiger charge is 2.23. The summed E-state index contributed by atoms with van der Waals surface area (Å²) in [4.78, 5) is 19.1. The Hall–Kier alpha value is -3.15. The van der Waals surface area contributed by atoms with Crippen LogP contribution in [0.4, 0.5) is 0 Å². The number of nitrogens with one attached hydrogen (secondary N) is 1. The standard InChI is InChI=1S/C22H25N5O/c23-22(24)18-6-7-20-19(13-18)25-15-27(20)14-21(28)26-10-8-17(9-11-26)12-16-4-2-1-3-5-16/h1-7,13,15,17H,8-12,14H2,(H3,23,24). The molecule has 0 saturated carbocycles. The molecule has 2 heterocycles. The topological polar surface area (TPSA) is 88.0 Å². The number of hydrogen-bond donors (Lipinski definition) is 2. The van der Waals surface area contributed by atoms with Crippen LogP contribution in [-0.4, -0.2) is 39.3 Å². The first-order valence-electron chi connectivity index (χ1n) is 9.71. The zero-order valence-electron chi connectivity index (χ0n) is 15.8. The van der Waals surface area contributed by atoms with Crippen molar-refractivity contribution in [2.24, 2.45) is 11.7 Å². The molecular formula is C22H25N5O. The number of carbonyl (C=O) groups is 1. The summed E-state index contributed by atoms with van der Waals surface area (Å²) in [5.74, 6) is 0.796. The van der Waals surface area contributed by atoms with Gasteiger partial charge in [-0.3, -0.25) is 10.2 Å². The van der Waals surface area contributed by atoms with E-state index in [0.29, 0.717) is 18.0 Å². The number of carbonyl (C=O) groups excluding carboxylic acids is 1. The maximum Gasteiger partial charge on any atom is 0.242 e. The largest absolute Gasteiger partial charge is 0.384 e. The van der Waals surface area contributed by atoms with Gasteiger partial charge in [0.15, 0.2) is 0 Å². The Labute approximate surface area is 164 Å². The molecule has 0 aliphatic carbocycles. The fraction of sp³-hybridized carbons (Fsp3) is 0.318. The van der Waals surface area contributed by atoms with Crippen molar-refractivity contribution in [2.75, 3.05) is 13.1 Å². The quantitative estimate of drug-likeness (QED) is 0.531. The molecule has 1 aromatic heterocycles. The van der Waals surface area contributed by atoms with Gasteiger partial charge in [0.2, 0.25) is 5.91 Å². The highest BCUT2D eigenvalue weighted by atomic mass is 16.2. The zero-order valence-corrected chi connectivity index (χ0v) is 15.8. The number of rotatable bonds is 5. The second-order valence-electron chi connectivity index (χ2n) is 7.50. The molecule has 0 unspecified atom stereocenters. The molecule has 4 rings (SSSR count). The van der Waals surface area contributed by atoms with Gasteiger partial charge in [-0.15, -0.1) is 0 Å². The van der Waals surface area contributed by atoms with Crippen LogP contribution in [0.3, 0.4) is 0 Å². The fourth-order valence-corrected chi connectivity index (χ4v) is 3.94. The van der Waals surface area contributed by atoms with Crippen LogP contribution >= 0.6 is 0 Å². The van der Waals surface area contributed by atoms with E-state index >= 15 is 0 Å². The van der Waals surface area contributed by atoms with Crippen LogP contribution in [0.15, 0.2) is 54.9 Å². The van der Waals surface area contributed by atoms with Gasteiger partial charge in [0.05, 0.1) is 17.4 Å². The van der Waals surface area contributed by atoms with Gasteiger partial charge in [0, 0.05) is 18.7 Å². The summed E-state index contributed by atoms with van der Waals surface area (Å²) in [7, 11) is 0. The summed E-state index contributed by atoms with van der Waals surface area (Å²) >= 11 is 0. The summed E-state index contributed by atoms with van der Waals surface area (Å²) < 4.78 is 1.87. The molecule has 1 fully saturated rings. The number of nitrogens with two attached hydrogens (primary N) is 1. The van der Waals surface area contributed by atoms with Gasteiger partial charge in [0.1, 0.15) is 12.4 Å². The normalized spacial score (nSPS) is 15.1. The molecule has 1 amide bonds. The van der Waals surface area contributed by atoms with Gasteiger partial charge in [-0.05, 0) is 48.9 Å². The van der Waals surface area contributed by atoms with Crippen molar-refractivity contribution in [1.29, 1.82) is 5.41 Å². The fourth-order valence-electron chi connectivity index (χ4n) is 3.94. The van der Waals surface area contributed by atoms with Crippen LogP contribution in [0.5, 0.6) is 0 Å². The van der Waals surface area contributed by atoms with Crippen LogP contribution in [0, 0.1) is 11.3 Å². The molecule has 144 valence electrons. The van der Waals surface area contributed by atoms with Crippen LogP contribution in [0.25, 0.3) is 11.0 Å². The van der Waals surface area contributed by atoms with E-state index < -0.39 is 0 Å². The lowest BCUT2D eigenvalue weighted by molar-refractivity contribution is -0.133. The summed E-state index contributed by atoms with van der Waals surface area (Å²) in [5, 5.41) is 7.53. The molecule has 1 aliphatic heterocycles. The van der Waals surface area contributed by atoms with E-state index in [-0.39, 0.29) is 11.7 Å². The number of imidazole rings is 1. The molecule has 1 aliphatic rings. The van der Waals surface area contributed by atoms with E-state index in [9.17, 15) is 4.79 Å². The van der Waals surface area contributed by atoms with Crippen molar-refractivity contribution in [3.8, 4) is 0 Å².